The number of nitrogens with one attached hydrogen (secondary N) is 1. The Bertz CT molecular complexity index is 704. The van der Waals surface area contributed by atoms with Crippen LogP contribution in [-0.4, -0.2) is 21.6 Å². The van der Waals surface area contributed by atoms with Crippen LogP contribution in [0.2, 0.25) is 5.02 Å². The summed E-state index contributed by atoms with van der Waals surface area (Å²) in [6.07, 6.45) is 0. The smallest absolute Gasteiger partial charge is 0.240 e. The van der Waals surface area contributed by atoms with Crippen LogP contribution in [0.3, 0.4) is 0 Å². The van der Waals surface area contributed by atoms with Gasteiger partial charge < -0.3 is 4.74 Å². The molecule has 0 fully saturated rings. The summed E-state index contributed by atoms with van der Waals surface area (Å²) < 4.78 is 44.5. The van der Waals surface area contributed by atoms with Crippen molar-refractivity contribution in [2.75, 3.05) is 13.2 Å². The molecule has 1 N–H and O–H groups in total. The van der Waals surface area contributed by atoms with Crippen LogP contribution in [-0.2, 0) is 10.0 Å². The molecule has 2 aromatic carbocycles. The fourth-order valence-corrected chi connectivity index (χ4v) is 2.76. The lowest BCUT2D eigenvalue weighted by molar-refractivity contribution is 0.323. The van der Waals surface area contributed by atoms with Gasteiger partial charge in [0.15, 0.2) is 0 Å². The third kappa shape index (κ3) is 4.70. The van der Waals surface area contributed by atoms with Crippen LogP contribution in [0, 0.1) is 5.82 Å². The molecule has 0 amide bonds. The molecule has 2 aromatic rings. The Labute approximate surface area is 127 Å². The third-order valence-electron chi connectivity index (χ3n) is 2.58. The average molecular weight is 330 g/mol. The van der Waals surface area contributed by atoms with Crippen LogP contribution in [0.5, 0.6) is 5.75 Å². The summed E-state index contributed by atoms with van der Waals surface area (Å²) in [5.41, 5.74) is 0. The van der Waals surface area contributed by atoms with Crippen molar-refractivity contribution >= 4 is 21.6 Å². The zero-order chi connectivity index (χ0) is 15.3. The highest BCUT2D eigenvalue weighted by atomic mass is 35.5. The van der Waals surface area contributed by atoms with Gasteiger partial charge in [0.2, 0.25) is 10.0 Å². The van der Waals surface area contributed by atoms with Gasteiger partial charge in [0.25, 0.3) is 0 Å². The van der Waals surface area contributed by atoms with Crippen molar-refractivity contribution in [2.45, 2.75) is 4.90 Å². The number of halogens is 2. The monoisotopic (exact) mass is 329 g/mol. The lowest BCUT2D eigenvalue weighted by atomic mass is 10.3. The lowest BCUT2D eigenvalue weighted by Crippen LogP contribution is -2.28. The molecule has 0 saturated heterocycles. The Morgan fingerprint density at radius 2 is 1.86 bits per heavy atom. The first-order valence-corrected chi connectivity index (χ1v) is 7.97. The molecule has 0 aliphatic rings. The molecule has 7 heteroatoms. The molecular weight excluding hydrogens is 317 g/mol. The van der Waals surface area contributed by atoms with E-state index in [1.54, 1.807) is 24.3 Å². The molecular formula is C14H13ClFNO3S. The molecule has 0 aliphatic carbocycles. The largest absolute Gasteiger partial charge is 0.492 e. The predicted octanol–water partition coefficient (Wildman–Crippen LogP) is 2.84. The molecule has 0 bridgehead atoms. The molecule has 0 saturated carbocycles. The maximum absolute atomic E-state index is 13.0. The molecule has 4 nitrogen and oxygen atoms in total. The van der Waals surface area contributed by atoms with Crippen LogP contribution in [0.1, 0.15) is 0 Å². The van der Waals surface area contributed by atoms with E-state index in [-0.39, 0.29) is 18.0 Å². The average Bonchev–Trinajstić information content (AvgIpc) is 2.45. The minimum Gasteiger partial charge on any atom is -0.492 e. The van der Waals surface area contributed by atoms with E-state index in [1.807, 2.05) is 0 Å². The molecule has 0 aliphatic heterocycles. The van der Waals surface area contributed by atoms with Crippen LogP contribution < -0.4 is 9.46 Å². The number of hydrogen-bond acceptors (Lipinski definition) is 3. The van der Waals surface area contributed by atoms with Crippen molar-refractivity contribution < 1.29 is 17.5 Å². The van der Waals surface area contributed by atoms with E-state index in [2.05, 4.69) is 4.72 Å². The van der Waals surface area contributed by atoms with E-state index in [0.29, 0.717) is 10.8 Å². The van der Waals surface area contributed by atoms with Crippen LogP contribution in [0.25, 0.3) is 0 Å². The van der Waals surface area contributed by atoms with Gasteiger partial charge in [-0.2, -0.15) is 0 Å². The highest BCUT2D eigenvalue weighted by Crippen LogP contribution is 2.15. The number of benzene rings is 2. The fraction of sp³-hybridized carbons (Fsp3) is 0.143. The van der Waals surface area contributed by atoms with E-state index in [9.17, 15) is 12.8 Å². The first kappa shape index (κ1) is 15.8. The second-order valence-corrected chi connectivity index (χ2v) is 6.36. The number of sulfonamides is 1. The van der Waals surface area contributed by atoms with Crippen molar-refractivity contribution in [3.05, 3.63) is 59.4 Å². The maximum atomic E-state index is 13.0. The zero-order valence-corrected chi connectivity index (χ0v) is 12.5. The van der Waals surface area contributed by atoms with E-state index in [1.165, 1.54) is 18.2 Å². The quantitative estimate of drug-likeness (QED) is 0.829. The van der Waals surface area contributed by atoms with Crippen LogP contribution in [0.4, 0.5) is 4.39 Å². The molecule has 0 unspecified atom stereocenters. The van der Waals surface area contributed by atoms with Crippen molar-refractivity contribution in [1.29, 1.82) is 0 Å². The summed E-state index contributed by atoms with van der Waals surface area (Å²) in [6, 6.07) is 11.5. The standard InChI is InChI=1S/C14H13ClFNO3S/c15-11-4-6-13(7-5-11)20-9-8-17-21(18,19)14-3-1-2-12(16)10-14/h1-7,10,17H,8-9H2. The zero-order valence-electron chi connectivity index (χ0n) is 10.9. The Kier molecular flexibility index (Phi) is 5.17. The van der Waals surface area contributed by atoms with E-state index in [0.717, 1.165) is 6.07 Å². The van der Waals surface area contributed by atoms with E-state index >= 15 is 0 Å². The molecule has 0 radical (unpaired) electrons. The first-order valence-electron chi connectivity index (χ1n) is 6.11. The van der Waals surface area contributed by atoms with Gasteiger partial charge in [-0.3, -0.25) is 0 Å². The maximum Gasteiger partial charge on any atom is 0.240 e. The summed E-state index contributed by atoms with van der Waals surface area (Å²) in [7, 11) is -3.74. The molecule has 2 rings (SSSR count). The molecule has 112 valence electrons. The topological polar surface area (TPSA) is 55.4 Å². The van der Waals surface area contributed by atoms with Crippen molar-refractivity contribution in [3.63, 3.8) is 0 Å². The van der Waals surface area contributed by atoms with Gasteiger partial charge in [-0.05, 0) is 42.5 Å². The second-order valence-electron chi connectivity index (χ2n) is 4.16. The Morgan fingerprint density at radius 3 is 2.52 bits per heavy atom. The molecule has 0 atom stereocenters. The van der Waals surface area contributed by atoms with Crippen molar-refractivity contribution in [3.8, 4) is 5.75 Å². The normalized spacial score (nSPS) is 11.3. The Balaban J connectivity index is 1.86. The summed E-state index contributed by atoms with van der Waals surface area (Å²) >= 11 is 5.74. The summed E-state index contributed by atoms with van der Waals surface area (Å²) in [5, 5.41) is 0.592. The highest BCUT2D eigenvalue weighted by Gasteiger charge is 2.13. The SMILES string of the molecule is O=S(=O)(NCCOc1ccc(Cl)cc1)c1cccc(F)c1. The minimum absolute atomic E-state index is 0.0709. The second kappa shape index (κ2) is 6.89. The number of hydrogen-bond donors (Lipinski definition) is 1. The van der Waals surface area contributed by atoms with Gasteiger partial charge in [-0.25, -0.2) is 17.5 Å². The lowest BCUT2D eigenvalue weighted by Gasteiger charge is -2.08. The summed E-state index contributed by atoms with van der Waals surface area (Å²) in [6.45, 7) is 0.220. The fourth-order valence-electron chi connectivity index (χ4n) is 1.59. The Hall–Kier alpha value is -1.63. The Morgan fingerprint density at radius 1 is 1.14 bits per heavy atom. The van der Waals surface area contributed by atoms with Gasteiger partial charge >= 0.3 is 0 Å². The number of rotatable bonds is 6. The summed E-state index contributed by atoms with van der Waals surface area (Å²) in [4.78, 5) is -0.117. The molecule has 0 spiro atoms. The van der Waals surface area contributed by atoms with Gasteiger partial charge in [0.05, 0.1) is 4.90 Å². The van der Waals surface area contributed by atoms with Gasteiger partial charge in [0, 0.05) is 11.6 Å². The van der Waals surface area contributed by atoms with Crippen LogP contribution in [0.15, 0.2) is 53.4 Å². The predicted molar refractivity (Wildman–Crippen MR) is 78.5 cm³/mol. The van der Waals surface area contributed by atoms with Crippen molar-refractivity contribution in [2.24, 2.45) is 0 Å². The molecule has 0 heterocycles. The summed E-state index contributed by atoms with van der Waals surface area (Å²) in [5.74, 6) is -0.0142. The first-order chi connectivity index (χ1) is 9.97. The number of ether oxygens (including phenoxy) is 1. The van der Waals surface area contributed by atoms with E-state index in [4.69, 9.17) is 16.3 Å². The van der Waals surface area contributed by atoms with E-state index < -0.39 is 15.8 Å². The highest BCUT2D eigenvalue weighted by molar-refractivity contribution is 7.89. The molecule has 0 aromatic heterocycles. The van der Waals surface area contributed by atoms with Gasteiger partial charge in [-0.1, -0.05) is 17.7 Å². The van der Waals surface area contributed by atoms with Gasteiger partial charge in [0.1, 0.15) is 18.2 Å². The third-order valence-corrected chi connectivity index (χ3v) is 4.29. The van der Waals surface area contributed by atoms with Gasteiger partial charge in [-0.15, -0.1) is 0 Å². The van der Waals surface area contributed by atoms with Crippen LogP contribution >= 0.6 is 11.6 Å². The minimum atomic E-state index is -3.74. The van der Waals surface area contributed by atoms with Crippen molar-refractivity contribution in [1.82, 2.24) is 4.72 Å². The molecule has 21 heavy (non-hydrogen) atoms.